The number of tetrazole rings is 1. The zero-order valence-electron chi connectivity index (χ0n) is 22.3. The summed E-state index contributed by atoms with van der Waals surface area (Å²) in [6, 6.07) is 23.0. The topological polar surface area (TPSA) is 92.6 Å². The molecule has 8 nitrogen and oxygen atoms in total. The van der Waals surface area contributed by atoms with Crippen LogP contribution in [0.15, 0.2) is 66.7 Å². The van der Waals surface area contributed by atoms with Crippen molar-refractivity contribution in [3.63, 3.8) is 0 Å². The fourth-order valence-corrected chi connectivity index (χ4v) is 5.52. The van der Waals surface area contributed by atoms with Gasteiger partial charge >= 0.3 is 0 Å². The summed E-state index contributed by atoms with van der Waals surface area (Å²) in [5, 5.41) is 14.6. The Morgan fingerprint density at radius 1 is 0.923 bits per heavy atom. The van der Waals surface area contributed by atoms with Crippen LogP contribution in [0.2, 0.25) is 0 Å². The van der Waals surface area contributed by atoms with Gasteiger partial charge in [-0.15, -0.1) is 10.2 Å². The van der Waals surface area contributed by atoms with Gasteiger partial charge in [0.25, 0.3) is 0 Å². The van der Waals surface area contributed by atoms with Gasteiger partial charge in [-0.25, -0.2) is 4.98 Å². The molecular formula is C31H33N7O. The van der Waals surface area contributed by atoms with Crippen LogP contribution in [-0.4, -0.2) is 42.6 Å². The van der Waals surface area contributed by atoms with Gasteiger partial charge in [0.2, 0.25) is 11.7 Å². The summed E-state index contributed by atoms with van der Waals surface area (Å²) in [6.07, 6.45) is 6.81. The van der Waals surface area contributed by atoms with E-state index in [9.17, 15) is 4.79 Å². The number of nitrogens with zero attached hydrogens (tertiary/aromatic N) is 6. The molecule has 3 heterocycles. The minimum atomic E-state index is 0.210. The number of amides is 1. The molecule has 1 fully saturated rings. The molecule has 1 aliphatic heterocycles. The number of hydrogen-bond donors (Lipinski definition) is 1. The predicted molar refractivity (Wildman–Crippen MR) is 153 cm³/mol. The fourth-order valence-electron chi connectivity index (χ4n) is 5.52. The minimum Gasteiger partial charge on any atom is -0.323 e. The van der Waals surface area contributed by atoms with Crippen molar-refractivity contribution in [2.24, 2.45) is 0 Å². The van der Waals surface area contributed by atoms with Crippen molar-refractivity contribution in [2.45, 2.75) is 58.4 Å². The molecule has 1 saturated heterocycles. The normalized spacial score (nSPS) is 14.2. The minimum absolute atomic E-state index is 0.210. The number of carbonyl (C=O) groups excluding carboxylic acids is 1. The third-order valence-electron chi connectivity index (χ3n) is 7.57. The number of fused-ring (bicyclic) bond motifs is 1. The third-order valence-corrected chi connectivity index (χ3v) is 7.57. The SMILES string of the molecule is CCCCc1nc2c(N3CCCCCC3=O)cccc2n1Cc1ccc(-c2ccccc2-c2nn[nH]n2)cc1. The average Bonchev–Trinajstić information content (AvgIpc) is 3.57. The second-order valence-corrected chi connectivity index (χ2v) is 10.2. The van der Waals surface area contributed by atoms with Crippen molar-refractivity contribution in [1.82, 2.24) is 30.2 Å². The summed E-state index contributed by atoms with van der Waals surface area (Å²) < 4.78 is 2.33. The van der Waals surface area contributed by atoms with Gasteiger partial charge in [-0.1, -0.05) is 74.4 Å². The van der Waals surface area contributed by atoms with E-state index in [4.69, 9.17) is 4.98 Å². The molecule has 1 N–H and O–H groups in total. The summed E-state index contributed by atoms with van der Waals surface area (Å²) in [5.41, 5.74) is 7.27. The van der Waals surface area contributed by atoms with Crippen LogP contribution in [0.25, 0.3) is 33.5 Å². The van der Waals surface area contributed by atoms with E-state index >= 15 is 0 Å². The molecule has 0 radical (unpaired) electrons. The molecule has 0 saturated carbocycles. The van der Waals surface area contributed by atoms with Crippen LogP contribution in [0, 0.1) is 0 Å². The monoisotopic (exact) mass is 519 g/mol. The lowest BCUT2D eigenvalue weighted by atomic mass is 9.98. The quantitative estimate of drug-likeness (QED) is 0.264. The van der Waals surface area contributed by atoms with Crippen LogP contribution >= 0.6 is 0 Å². The number of hydrogen-bond acceptors (Lipinski definition) is 5. The summed E-state index contributed by atoms with van der Waals surface area (Å²) in [5.74, 6) is 1.87. The fraction of sp³-hybridized carbons (Fsp3) is 0.323. The Morgan fingerprint density at radius 3 is 2.56 bits per heavy atom. The molecule has 3 aromatic carbocycles. The smallest absolute Gasteiger partial charge is 0.227 e. The highest BCUT2D eigenvalue weighted by Gasteiger charge is 2.23. The molecule has 198 valence electrons. The Balaban J connectivity index is 1.35. The molecular weight excluding hydrogens is 486 g/mol. The molecule has 39 heavy (non-hydrogen) atoms. The Bertz CT molecular complexity index is 1570. The van der Waals surface area contributed by atoms with E-state index in [2.05, 4.69) is 80.6 Å². The lowest BCUT2D eigenvalue weighted by Crippen LogP contribution is -2.30. The molecule has 5 aromatic rings. The van der Waals surface area contributed by atoms with E-state index in [1.165, 1.54) is 5.56 Å². The predicted octanol–water partition coefficient (Wildman–Crippen LogP) is 6.18. The van der Waals surface area contributed by atoms with Gasteiger partial charge in [-0.3, -0.25) is 4.79 Å². The number of rotatable bonds is 8. The second-order valence-electron chi connectivity index (χ2n) is 10.2. The van der Waals surface area contributed by atoms with Gasteiger partial charge in [0, 0.05) is 31.5 Å². The third kappa shape index (κ3) is 5.06. The van der Waals surface area contributed by atoms with Crippen LogP contribution in [0.3, 0.4) is 0 Å². The van der Waals surface area contributed by atoms with Crippen molar-refractivity contribution >= 4 is 22.6 Å². The lowest BCUT2D eigenvalue weighted by molar-refractivity contribution is -0.118. The Morgan fingerprint density at radius 2 is 1.77 bits per heavy atom. The molecule has 0 bridgehead atoms. The van der Waals surface area contributed by atoms with Crippen LogP contribution in [0.1, 0.15) is 56.8 Å². The molecule has 0 atom stereocenters. The van der Waals surface area contributed by atoms with Crippen LogP contribution in [0.5, 0.6) is 0 Å². The molecule has 0 unspecified atom stereocenters. The van der Waals surface area contributed by atoms with Crippen molar-refractivity contribution < 1.29 is 4.79 Å². The largest absolute Gasteiger partial charge is 0.323 e. The molecule has 1 amide bonds. The highest BCUT2D eigenvalue weighted by Crippen LogP contribution is 2.32. The number of carbonyl (C=O) groups is 1. The average molecular weight is 520 g/mol. The zero-order chi connectivity index (χ0) is 26.6. The number of aromatic amines is 1. The molecule has 1 aliphatic rings. The Hall–Kier alpha value is -4.33. The van der Waals surface area contributed by atoms with E-state index < -0.39 is 0 Å². The Labute approximate surface area is 228 Å². The molecule has 6 rings (SSSR count). The summed E-state index contributed by atoms with van der Waals surface area (Å²) in [4.78, 5) is 20.0. The summed E-state index contributed by atoms with van der Waals surface area (Å²) in [7, 11) is 0. The summed E-state index contributed by atoms with van der Waals surface area (Å²) >= 11 is 0. The van der Waals surface area contributed by atoms with Crippen LogP contribution < -0.4 is 4.90 Å². The maximum atomic E-state index is 12.9. The number of para-hydroxylation sites is 1. The van der Waals surface area contributed by atoms with Crippen molar-refractivity contribution in [3.05, 3.63) is 78.1 Å². The molecule has 0 aliphatic carbocycles. The van der Waals surface area contributed by atoms with E-state index in [0.29, 0.717) is 12.2 Å². The first-order chi connectivity index (χ1) is 19.2. The highest BCUT2D eigenvalue weighted by molar-refractivity contribution is 6.01. The molecule has 0 spiro atoms. The number of nitrogens with one attached hydrogen (secondary N) is 1. The van der Waals surface area contributed by atoms with Gasteiger partial charge in [0.1, 0.15) is 11.3 Å². The van der Waals surface area contributed by atoms with Crippen LogP contribution in [-0.2, 0) is 17.8 Å². The molecule has 8 heteroatoms. The standard InChI is InChI=1S/C31H33N7O/c1-2-3-14-28-32-30-26(37-20-8-4-5-15-29(37)39)12-9-13-27(30)38(28)21-22-16-18-23(19-17-22)24-10-6-7-11-25(24)31-33-35-36-34-31/h6-7,9-13,16-19H,2-5,8,14-15,20-21H2,1H3,(H,33,34,35,36). The van der Waals surface area contributed by atoms with Gasteiger partial charge in [0.15, 0.2) is 0 Å². The first-order valence-corrected chi connectivity index (χ1v) is 13.9. The van der Waals surface area contributed by atoms with Gasteiger partial charge in [-0.05, 0) is 53.3 Å². The number of aryl methyl sites for hydroxylation is 1. The number of aromatic nitrogens is 6. The molecule has 2 aromatic heterocycles. The maximum Gasteiger partial charge on any atom is 0.227 e. The number of benzene rings is 3. The van der Waals surface area contributed by atoms with Crippen molar-refractivity contribution in [1.29, 1.82) is 0 Å². The van der Waals surface area contributed by atoms with E-state index in [-0.39, 0.29) is 5.91 Å². The first kappa shape index (κ1) is 25.0. The van der Waals surface area contributed by atoms with Gasteiger partial charge < -0.3 is 9.47 Å². The first-order valence-electron chi connectivity index (χ1n) is 13.9. The zero-order valence-corrected chi connectivity index (χ0v) is 22.3. The van der Waals surface area contributed by atoms with Gasteiger partial charge in [0.05, 0.1) is 11.2 Å². The van der Waals surface area contributed by atoms with E-state index in [1.807, 2.05) is 23.1 Å². The van der Waals surface area contributed by atoms with Gasteiger partial charge in [-0.2, -0.15) is 5.21 Å². The lowest BCUT2D eigenvalue weighted by Gasteiger charge is -2.21. The summed E-state index contributed by atoms with van der Waals surface area (Å²) in [6.45, 7) is 3.70. The highest BCUT2D eigenvalue weighted by atomic mass is 16.2. The number of H-pyrrole nitrogens is 1. The van der Waals surface area contributed by atoms with Crippen molar-refractivity contribution in [2.75, 3.05) is 11.4 Å². The maximum absolute atomic E-state index is 12.9. The number of anilines is 1. The Kier molecular flexibility index (Phi) is 7.17. The van der Waals surface area contributed by atoms with Crippen LogP contribution in [0.4, 0.5) is 5.69 Å². The van der Waals surface area contributed by atoms with E-state index in [0.717, 1.165) is 90.8 Å². The number of imidazole rings is 1. The number of unbranched alkanes of at least 4 members (excludes halogenated alkanes) is 1. The van der Waals surface area contributed by atoms with E-state index in [1.54, 1.807) is 0 Å². The second kappa shape index (κ2) is 11.2. The van der Waals surface area contributed by atoms with Crippen molar-refractivity contribution in [3.8, 4) is 22.5 Å².